The minimum atomic E-state index is -4.71. The number of benzene rings is 8. The van der Waals surface area contributed by atoms with Crippen LogP contribution in [0, 0.1) is 50.4 Å². The molecule has 0 aliphatic heterocycles. The molecule has 0 N–H and O–H groups in total. The molecule has 0 atom stereocenters. The number of fused-ring (bicyclic) bond motifs is 6. The lowest BCUT2D eigenvalue weighted by molar-refractivity contribution is -0.137. The van der Waals surface area contributed by atoms with Gasteiger partial charge in [-0.25, -0.2) is 0 Å². The Labute approximate surface area is 356 Å². The lowest BCUT2D eigenvalue weighted by atomic mass is 9.95. The fourth-order valence-electron chi connectivity index (χ4n) is 9.35. The molecule has 2 aromatic heterocycles. The summed E-state index contributed by atoms with van der Waals surface area (Å²) in [6.45, 7) is 8.34. The van der Waals surface area contributed by atoms with E-state index >= 15 is 0 Å². The van der Waals surface area contributed by atoms with Gasteiger partial charge in [-0.2, -0.15) is 23.7 Å². The number of halogens is 3. The predicted octanol–water partition coefficient (Wildman–Crippen LogP) is 14.9. The largest absolute Gasteiger partial charge is 0.416 e. The molecule has 0 spiro atoms. The van der Waals surface area contributed by atoms with Crippen molar-refractivity contribution >= 4 is 43.6 Å². The van der Waals surface area contributed by atoms with Gasteiger partial charge in [0.25, 0.3) is 0 Å². The van der Waals surface area contributed by atoms with Crippen LogP contribution in [0.25, 0.3) is 88.4 Å². The van der Waals surface area contributed by atoms with E-state index in [1.807, 2.05) is 69.8 Å². The standard InChI is InChI=1S/C55H37F3N4/c1-32-13-17-42(34(3)21-32)37-15-19-51-47(26-37)44-9-5-7-11-49(44)61(51)53-29-46(39-23-36(30-59)24-41(25-39)55(56,57)58)54(28-40(53)31-60)62-50-12-8-6-10-45(50)48-27-38(16-20-52(48)62)43-18-14-33(2)22-35(43)4/h5-29H,1-4H3. The van der Waals surface area contributed by atoms with Crippen LogP contribution in [0.2, 0.25) is 0 Å². The number of para-hydroxylation sites is 2. The van der Waals surface area contributed by atoms with Gasteiger partial charge in [-0.1, -0.05) is 96.1 Å². The third kappa shape index (κ3) is 6.21. The summed E-state index contributed by atoms with van der Waals surface area (Å²) in [6.07, 6.45) is -4.71. The molecule has 0 unspecified atom stereocenters. The van der Waals surface area contributed by atoms with Gasteiger partial charge in [0.1, 0.15) is 6.07 Å². The van der Waals surface area contributed by atoms with Crippen molar-refractivity contribution in [2.45, 2.75) is 33.9 Å². The highest BCUT2D eigenvalue weighted by atomic mass is 19.4. The van der Waals surface area contributed by atoms with Crippen LogP contribution >= 0.6 is 0 Å². The summed E-state index contributed by atoms with van der Waals surface area (Å²) < 4.78 is 47.9. The summed E-state index contributed by atoms with van der Waals surface area (Å²) >= 11 is 0. The van der Waals surface area contributed by atoms with Crippen LogP contribution in [-0.4, -0.2) is 9.13 Å². The van der Waals surface area contributed by atoms with Crippen molar-refractivity contribution in [1.82, 2.24) is 9.13 Å². The van der Waals surface area contributed by atoms with Crippen LogP contribution in [0.5, 0.6) is 0 Å². The molecule has 4 nitrogen and oxygen atoms in total. The number of aromatic nitrogens is 2. The maximum absolute atomic E-state index is 14.6. The number of nitriles is 2. The molecule has 2 heterocycles. The topological polar surface area (TPSA) is 57.4 Å². The first-order valence-electron chi connectivity index (χ1n) is 20.3. The van der Waals surface area contributed by atoms with Gasteiger partial charge < -0.3 is 9.13 Å². The molecule has 0 aliphatic carbocycles. The maximum atomic E-state index is 14.6. The zero-order chi connectivity index (χ0) is 43.0. The fraction of sp³-hybridized carbons (Fsp3) is 0.0909. The van der Waals surface area contributed by atoms with Gasteiger partial charge in [0.05, 0.1) is 56.2 Å². The second-order valence-corrected chi connectivity index (χ2v) is 16.2. The maximum Gasteiger partial charge on any atom is 0.416 e. The van der Waals surface area contributed by atoms with E-state index in [9.17, 15) is 23.7 Å². The molecule has 10 aromatic rings. The van der Waals surface area contributed by atoms with E-state index in [2.05, 4.69) is 107 Å². The first-order chi connectivity index (χ1) is 29.9. The molecular formula is C55H37F3N4. The Morgan fingerprint density at radius 2 is 0.952 bits per heavy atom. The molecule has 0 aliphatic rings. The number of alkyl halides is 3. The number of aryl methyl sites for hydroxylation is 4. The van der Waals surface area contributed by atoms with Gasteiger partial charge >= 0.3 is 6.18 Å². The number of hydrogen-bond donors (Lipinski definition) is 0. The molecule has 0 radical (unpaired) electrons. The summed E-state index contributed by atoms with van der Waals surface area (Å²) in [6, 6.07) is 52.8. The van der Waals surface area contributed by atoms with Crippen LogP contribution in [0.1, 0.15) is 38.9 Å². The van der Waals surface area contributed by atoms with Crippen LogP contribution in [0.4, 0.5) is 13.2 Å². The summed E-state index contributed by atoms with van der Waals surface area (Å²) in [5.74, 6) is 0. The van der Waals surface area contributed by atoms with Gasteiger partial charge in [-0.15, -0.1) is 0 Å². The Hall–Kier alpha value is -7.87. The van der Waals surface area contributed by atoms with Crippen LogP contribution < -0.4 is 0 Å². The highest BCUT2D eigenvalue weighted by Crippen LogP contribution is 2.44. The Bertz CT molecular complexity index is 3590. The summed E-state index contributed by atoms with van der Waals surface area (Å²) in [4.78, 5) is 0. The van der Waals surface area contributed by atoms with Crippen LogP contribution in [-0.2, 0) is 6.18 Å². The molecule has 8 aromatic carbocycles. The lowest BCUT2D eigenvalue weighted by Gasteiger charge is -2.20. The Morgan fingerprint density at radius 1 is 0.435 bits per heavy atom. The molecule has 0 saturated carbocycles. The van der Waals surface area contributed by atoms with Crippen LogP contribution in [0.15, 0.2) is 152 Å². The summed E-state index contributed by atoms with van der Waals surface area (Å²) in [5, 5.41) is 25.0. The fourth-order valence-corrected chi connectivity index (χ4v) is 9.35. The zero-order valence-electron chi connectivity index (χ0n) is 34.4. The molecule has 62 heavy (non-hydrogen) atoms. The van der Waals surface area contributed by atoms with E-state index in [0.29, 0.717) is 22.5 Å². The molecule has 0 fully saturated rings. The Balaban J connectivity index is 1.29. The normalized spacial score (nSPS) is 11.8. The van der Waals surface area contributed by atoms with Gasteiger partial charge in [0.15, 0.2) is 0 Å². The predicted molar refractivity (Wildman–Crippen MR) is 245 cm³/mol. The van der Waals surface area contributed by atoms with Crippen molar-refractivity contribution in [3.8, 4) is 56.9 Å². The van der Waals surface area contributed by atoms with Gasteiger partial charge in [0, 0.05) is 27.1 Å². The van der Waals surface area contributed by atoms with E-state index in [4.69, 9.17) is 0 Å². The minimum Gasteiger partial charge on any atom is -0.309 e. The molecule has 0 amide bonds. The minimum absolute atomic E-state index is 0.122. The SMILES string of the molecule is Cc1ccc(-c2ccc3c(c2)c2ccccc2n3-c2cc(-c3cc(C#N)cc(C(F)(F)F)c3)c(-n3c4ccccc4c4cc(-c5ccc(C)cc5C)ccc43)cc2C#N)c(C)c1. The van der Waals surface area contributed by atoms with Crippen LogP contribution in [0.3, 0.4) is 0 Å². The molecular weight excluding hydrogens is 774 g/mol. The van der Waals surface area contributed by atoms with Gasteiger partial charge in [-0.3, -0.25) is 0 Å². The van der Waals surface area contributed by atoms with Crippen molar-refractivity contribution in [3.63, 3.8) is 0 Å². The van der Waals surface area contributed by atoms with Gasteiger partial charge in [-0.05, 0) is 133 Å². The number of hydrogen-bond acceptors (Lipinski definition) is 2. The second kappa shape index (κ2) is 14.4. The van der Waals surface area contributed by atoms with Gasteiger partial charge in [0.2, 0.25) is 0 Å². The average molecular weight is 811 g/mol. The smallest absolute Gasteiger partial charge is 0.309 e. The van der Waals surface area contributed by atoms with Crippen molar-refractivity contribution in [1.29, 1.82) is 10.5 Å². The van der Waals surface area contributed by atoms with Crippen molar-refractivity contribution in [3.05, 3.63) is 191 Å². The van der Waals surface area contributed by atoms with E-state index in [-0.39, 0.29) is 11.1 Å². The molecule has 10 rings (SSSR count). The highest BCUT2D eigenvalue weighted by molar-refractivity contribution is 6.12. The molecule has 7 heteroatoms. The van der Waals surface area contributed by atoms with Crippen molar-refractivity contribution in [2.24, 2.45) is 0 Å². The van der Waals surface area contributed by atoms with E-state index < -0.39 is 11.7 Å². The number of rotatable bonds is 5. The van der Waals surface area contributed by atoms with E-state index in [0.717, 1.165) is 89.1 Å². The lowest BCUT2D eigenvalue weighted by Crippen LogP contribution is -2.07. The third-order valence-electron chi connectivity index (χ3n) is 12.1. The molecule has 0 saturated heterocycles. The highest BCUT2D eigenvalue weighted by Gasteiger charge is 2.32. The van der Waals surface area contributed by atoms with Crippen molar-refractivity contribution in [2.75, 3.05) is 0 Å². The molecule has 298 valence electrons. The van der Waals surface area contributed by atoms with Crippen molar-refractivity contribution < 1.29 is 13.2 Å². The first kappa shape index (κ1) is 38.3. The first-order valence-corrected chi connectivity index (χ1v) is 20.3. The second-order valence-electron chi connectivity index (χ2n) is 16.2. The Kier molecular flexibility index (Phi) is 8.91. The average Bonchev–Trinajstić information content (AvgIpc) is 3.77. The monoisotopic (exact) mass is 810 g/mol. The summed E-state index contributed by atoms with van der Waals surface area (Å²) in [5.41, 5.74) is 13.2. The molecule has 0 bridgehead atoms. The third-order valence-corrected chi connectivity index (χ3v) is 12.1. The van der Waals surface area contributed by atoms with E-state index in [1.54, 1.807) is 6.07 Å². The number of nitrogens with zero attached hydrogens (tertiary/aromatic N) is 4. The Morgan fingerprint density at radius 3 is 1.45 bits per heavy atom. The zero-order valence-corrected chi connectivity index (χ0v) is 34.4. The quantitative estimate of drug-likeness (QED) is 0.174. The van der Waals surface area contributed by atoms with E-state index in [1.165, 1.54) is 17.2 Å². The summed E-state index contributed by atoms with van der Waals surface area (Å²) in [7, 11) is 0.